The van der Waals surface area contributed by atoms with Crippen molar-refractivity contribution in [1.29, 1.82) is 0 Å². The van der Waals surface area contributed by atoms with Crippen LogP contribution >= 0.6 is 15.9 Å². The molecule has 7 heteroatoms. The molecule has 0 saturated carbocycles. The molecular weight excluding hydrogens is 358 g/mol. The monoisotopic (exact) mass is 377 g/mol. The first-order valence-electron chi connectivity index (χ1n) is 6.51. The minimum atomic E-state index is -3.77. The van der Waals surface area contributed by atoms with Crippen LogP contribution in [-0.2, 0) is 10.0 Å². The van der Waals surface area contributed by atoms with Gasteiger partial charge in [0.25, 0.3) is 0 Å². The molecule has 1 N–H and O–H groups in total. The van der Waals surface area contributed by atoms with Crippen LogP contribution in [0.25, 0.3) is 0 Å². The van der Waals surface area contributed by atoms with E-state index in [0.29, 0.717) is 10.0 Å². The Bertz CT molecular complexity index is 655. The van der Waals surface area contributed by atoms with Gasteiger partial charge < -0.3 is 5.11 Å². The lowest BCUT2D eigenvalue weighted by Crippen LogP contribution is -2.38. The lowest BCUT2D eigenvalue weighted by atomic mass is 10.1. The molecular formula is C14H20BrNO4S. The molecule has 0 aromatic heterocycles. The van der Waals surface area contributed by atoms with E-state index < -0.39 is 16.0 Å². The second kappa shape index (κ2) is 6.46. The number of halogens is 1. The van der Waals surface area contributed by atoms with Crippen LogP contribution in [0.4, 0.5) is 0 Å². The topological polar surface area (TPSA) is 74.7 Å². The first kappa shape index (κ1) is 18.1. The van der Waals surface area contributed by atoms with Gasteiger partial charge in [-0.1, -0.05) is 13.8 Å². The van der Waals surface area contributed by atoms with Crippen LogP contribution in [0.2, 0.25) is 0 Å². The van der Waals surface area contributed by atoms with Crippen molar-refractivity contribution in [3.8, 4) is 0 Å². The van der Waals surface area contributed by atoms with Gasteiger partial charge >= 0.3 is 5.97 Å². The van der Waals surface area contributed by atoms with E-state index in [1.54, 1.807) is 6.92 Å². The Balaban J connectivity index is 3.48. The smallest absolute Gasteiger partial charge is 0.335 e. The molecule has 1 unspecified atom stereocenters. The van der Waals surface area contributed by atoms with Crippen molar-refractivity contribution in [1.82, 2.24) is 4.31 Å². The van der Waals surface area contributed by atoms with E-state index >= 15 is 0 Å². The van der Waals surface area contributed by atoms with E-state index in [4.69, 9.17) is 5.11 Å². The summed E-state index contributed by atoms with van der Waals surface area (Å²) in [6.45, 7) is 7.36. The van der Waals surface area contributed by atoms with Gasteiger partial charge in [0, 0.05) is 17.6 Å². The van der Waals surface area contributed by atoms with Crippen LogP contribution in [0.15, 0.2) is 21.5 Å². The first-order chi connectivity index (χ1) is 9.50. The van der Waals surface area contributed by atoms with Crippen molar-refractivity contribution in [2.24, 2.45) is 5.92 Å². The summed E-state index contributed by atoms with van der Waals surface area (Å²) < 4.78 is 27.1. The summed E-state index contributed by atoms with van der Waals surface area (Å²) in [5, 5.41) is 9.10. The molecule has 1 aromatic rings. The zero-order valence-corrected chi connectivity index (χ0v) is 15.1. The molecule has 1 aromatic carbocycles. The second-order valence-corrected chi connectivity index (χ2v) is 8.18. The molecule has 21 heavy (non-hydrogen) atoms. The predicted molar refractivity (Wildman–Crippen MR) is 85.1 cm³/mol. The highest BCUT2D eigenvalue weighted by Crippen LogP contribution is 2.30. The van der Waals surface area contributed by atoms with Gasteiger partial charge in [-0.15, -0.1) is 0 Å². The number of aromatic carboxylic acids is 1. The minimum Gasteiger partial charge on any atom is -0.478 e. The zero-order chi connectivity index (χ0) is 16.5. The molecule has 1 atom stereocenters. The maximum Gasteiger partial charge on any atom is 0.335 e. The Morgan fingerprint density at radius 1 is 1.29 bits per heavy atom. The van der Waals surface area contributed by atoms with Crippen molar-refractivity contribution in [3.63, 3.8) is 0 Å². The molecule has 0 aliphatic rings. The number of carboxylic acids is 1. The molecule has 0 fully saturated rings. The summed E-state index contributed by atoms with van der Waals surface area (Å²) in [7, 11) is -2.26. The van der Waals surface area contributed by atoms with E-state index in [2.05, 4.69) is 15.9 Å². The molecule has 5 nitrogen and oxygen atoms in total. The molecule has 0 aliphatic carbocycles. The van der Waals surface area contributed by atoms with Crippen molar-refractivity contribution in [3.05, 3.63) is 27.7 Å². The van der Waals surface area contributed by atoms with Gasteiger partial charge in [-0.25, -0.2) is 13.2 Å². The van der Waals surface area contributed by atoms with Gasteiger partial charge in [-0.2, -0.15) is 4.31 Å². The van der Waals surface area contributed by atoms with Crippen molar-refractivity contribution in [2.45, 2.75) is 38.6 Å². The van der Waals surface area contributed by atoms with Gasteiger partial charge in [0.15, 0.2) is 0 Å². The standard InChI is InChI=1S/C14H20BrNO4S/c1-8(2)10(4)16(5)21(19,20)12-7-11(14(17)18)6-9(3)13(12)15/h6-8,10H,1-5H3,(H,17,18). The number of aryl methyl sites for hydroxylation is 1. The Morgan fingerprint density at radius 3 is 2.24 bits per heavy atom. The van der Waals surface area contributed by atoms with Crippen LogP contribution < -0.4 is 0 Å². The molecule has 1 rings (SSSR count). The highest BCUT2D eigenvalue weighted by atomic mass is 79.9. The van der Waals surface area contributed by atoms with Gasteiger partial charge in [0.1, 0.15) is 0 Å². The average Bonchev–Trinajstić information content (AvgIpc) is 2.39. The first-order valence-corrected chi connectivity index (χ1v) is 8.75. The van der Waals surface area contributed by atoms with E-state index in [1.165, 1.54) is 23.5 Å². The fraction of sp³-hybridized carbons (Fsp3) is 0.500. The number of sulfonamides is 1. The molecule has 0 spiro atoms. The fourth-order valence-corrected chi connectivity index (χ4v) is 4.34. The molecule has 0 radical (unpaired) electrons. The molecule has 0 aliphatic heterocycles. The minimum absolute atomic E-state index is 0.0186. The number of nitrogens with zero attached hydrogens (tertiary/aromatic N) is 1. The van der Waals surface area contributed by atoms with E-state index in [0.717, 1.165) is 0 Å². The maximum absolute atomic E-state index is 12.7. The lowest BCUT2D eigenvalue weighted by Gasteiger charge is -2.28. The Labute approximate surface area is 134 Å². The number of hydrogen-bond donors (Lipinski definition) is 1. The van der Waals surface area contributed by atoms with Crippen LogP contribution in [-0.4, -0.2) is 36.9 Å². The third-order valence-corrected chi connectivity index (χ3v) is 6.95. The van der Waals surface area contributed by atoms with Crippen LogP contribution in [0.1, 0.15) is 36.7 Å². The number of benzene rings is 1. The number of carboxylic acid groups (broad SMARTS) is 1. The molecule has 118 valence electrons. The third-order valence-electron chi connectivity index (χ3n) is 3.66. The number of hydrogen-bond acceptors (Lipinski definition) is 3. The molecule has 0 bridgehead atoms. The van der Waals surface area contributed by atoms with Crippen molar-refractivity contribution >= 4 is 31.9 Å². The van der Waals surface area contributed by atoms with Gasteiger partial charge in [0.2, 0.25) is 10.0 Å². The Morgan fingerprint density at radius 2 is 1.81 bits per heavy atom. The summed E-state index contributed by atoms with van der Waals surface area (Å²) in [6, 6.07) is 2.44. The van der Waals surface area contributed by atoms with Gasteiger partial charge in [-0.3, -0.25) is 0 Å². The van der Waals surface area contributed by atoms with Crippen molar-refractivity contribution < 1.29 is 18.3 Å². The van der Waals surface area contributed by atoms with Crippen molar-refractivity contribution in [2.75, 3.05) is 7.05 Å². The molecule has 0 saturated heterocycles. The fourth-order valence-electron chi connectivity index (χ4n) is 1.84. The zero-order valence-electron chi connectivity index (χ0n) is 12.7. The van der Waals surface area contributed by atoms with E-state index in [-0.39, 0.29) is 22.4 Å². The Hall–Kier alpha value is -0.920. The maximum atomic E-state index is 12.7. The lowest BCUT2D eigenvalue weighted by molar-refractivity contribution is 0.0696. The van der Waals surface area contributed by atoms with Gasteiger partial charge in [-0.05, 0) is 53.4 Å². The summed E-state index contributed by atoms with van der Waals surface area (Å²) in [6.07, 6.45) is 0. The highest BCUT2D eigenvalue weighted by Gasteiger charge is 2.30. The molecule has 0 heterocycles. The Kier molecular flexibility index (Phi) is 5.57. The average molecular weight is 378 g/mol. The van der Waals surface area contributed by atoms with E-state index in [9.17, 15) is 13.2 Å². The normalized spacial score (nSPS) is 13.7. The molecule has 0 amide bonds. The largest absolute Gasteiger partial charge is 0.478 e. The SMILES string of the molecule is Cc1cc(C(=O)O)cc(S(=O)(=O)N(C)C(C)C(C)C)c1Br. The summed E-state index contributed by atoms with van der Waals surface area (Å²) in [5.41, 5.74) is 0.527. The highest BCUT2D eigenvalue weighted by molar-refractivity contribution is 9.10. The van der Waals surface area contributed by atoms with Crippen LogP contribution in [0.5, 0.6) is 0 Å². The number of carbonyl (C=O) groups is 1. The number of rotatable bonds is 5. The van der Waals surface area contributed by atoms with Gasteiger partial charge in [0.05, 0.1) is 10.5 Å². The summed E-state index contributed by atoms with van der Waals surface area (Å²) >= 11 is 3.25. The quantitative estimate of drug-likeness (QED) is 0.854. The predicted octanol–water partition coefficient (Wildman–Crippen LogP) is 3.12. The van der Waals surface area contributed by atoms with Crippen LogP contribution in [0.3, 0.4) is 0 Å². The van der Waals surface area contributed by atoms with Crippen LogP contribution in [0, 0.1) is 12.8 Å². The third kappa shape index (κ3) is 3.64. The summed E-state index contributed by atoms with van der Waals surface area (Å²) in [4.78, 5) is 11.1. The van der Waals surface area contributed by atoms with E-state index in [1.807, 2.05) is 20.8 Å². The second-order valence-electron chi connectivity index (χ2n) is 5.42. The summed E-state index contributed by atoms with van der Waals surface area (Å²) in [5.74, 6) is -1.01.